The fourth-order valence-corrected chi connectivity index (χ4v) is 2.87. The van der Waals surface area contributed by atoms with Crippen LogP contribution >= 0.6 is 0 Å². The number of carbonyl (C=O) groups is 2. The van der Waals surface area contributed by atoms with E-state index in [1.54, 1.807) is 38.3 Å². The number of amides is 2. The van der Waals surface area contributed by atoms with Crippen LogP contribution in [0.4, 0.5) is 5.69 Å². The van der Waals surface area contributed by atoms with Gasteiger partial charge in [-0.3, -0.25) is 9.59 Å². The molecular weight excluding hydrogens is 324 g/mol. The van der Waals surface area contributed by atoms with Crippen LogP contribution in [0.2, 0.25) is 0 Å². The van der Waals surface area contributed by atoms with Gasteiger partial charge in [-0.2, -0.15) is 4.98 Å². The smallest absolute Gasteiger partial charge is 0.313 e. The molecule has 3 rings (SSSR count). The van der Waals surface area contributed by atoms with Crippen LogP contribution in [0.15, 0.2) is 28.8 Å². The molecule has 1 aromatic carbocycles. The molecule has 2 aromatic rings. The third kappa shape index (κ3) is 3.96. The van der Waals surface area contributed by atoms with Crippen molar-refractivity contribution in [3.8, 4) is 5.75 Å². The van der Waals surface area contributed by atoms with Crippen LogP contribution in [0.1, 0.15) is 30.5 Å². The molecule has 0 bridgehead atoms. The van der Waals surface area contributed by atoms with Crippen molar-refractivity contribution in [2.75, 3.05) is 25.5 Å². The van der Waals surface area contributed by atoms with Crippen LogP contribution in [0, 0.1) is 6.92 Å². The van der Waals surface area contributed by atoms with Crippen LogP contribution in [0.25, 0.3) is 0 Å². The molecule has 25 heavy (non-hydrogen) atoms. The first-order valence-electron chi connectivity index (χ1n) is 8.11. The number of nitrogens with one attached hydrogen (secondary N) is 1. The summed E-state index contributed by atoms with van der Waals surface area (Å²) in [5.41, 5.74) is 0.513. The molecule has 2 amide bonds. The zero-order chi connectivity index (χ0) is 17.8. The Morgan fingerprint density at radius 3 is 2.96 bits per heavy atom. The molecule has 132 valence electrons. The number of rotatable bonds is 3. The van der Waals surface area contributed by atoms with Gasteiger partial charge in [-0.25, -0.2) is 0 Å². The van der Waals surface area contributed by atoms with Crippen LogP contribution in [0.5, 0.6) is 5.75 Å². The van der Waals surface area contributed by atoms with Gasteiger partial charge in [0.05, 0.1) is 13.0 Å². The fraction of sp³-hybridized carbons (Fsp3) is 0.412. The van der Waals surface area contributed by atoms with Gasteiger partial charge in [0, 0.05) is 24.8 Å². The maximum atomic E-state index is 12.5. The molecule has 0 saturated carbocycles. The number of carbonyl (C=O) groups excluding carboxylic acids is 2. The minimum absolute atomic E-state index is 0.0384. The normalized spacial score (nSPS) is 17.2. The minimum atomic E-state index is -0.671. The molecule has 8 heteroatoms. The quantitative estimate of drug-likeness (QED) is 0.852. The number of hydrogen-bond donors (Lipinski definition) is 1. The first-order chi connectivity index (χ1) is 12.1. The van der Waals surface area contributed by atoms with E-state index in [9.17, 15) is 9.59 Å². The zero-order valence-electron chi connectivity index (χ0n) is 14.2. The SMILES string of the molecule is COc1cccc(NC(=O)C(=O)N2CCC[C@H](c3nc(C)no3)C2)c1. The molecule has 0 spiro atoms. The lowest BCUT2D eigenvalue weighted by Gasteiger charge is -2.30. The molecule has 1 fully saturated rings. The van der Waals surface area contributed by atoms with E-state index < -0.39 is 11.8 Å². The monoisotopic (exact) mass is 344 g/mol. The summed E-state index contributed by atoms with van der Waals surface area (Å²) in [7, 11) is 1.54. The summed E-state index contributed by atoms with van der Waals surface area (Å²) >= 11 is 0. The van der Waals surface area contributed by atoms with E-state index >= 15 is 0 Å². The van der Waals surface area contributed by atoms with Gasteiger partial charge >= 0.3 is 11.8 Å². The lowest BCUT2D eigenvalue weighted by atomic mass is 9.98. The fourth-order valence-electron chi connectivity index (χ4n) is 2.87. The topological polar surface area (TPSA) is 97.6 Å². The Labute approximate surface area is 145 Å². The average Bonchev–Trinajstić information content (AvgIpc) is 3.07. The zero-order valence-corrected chi connectivity index (χ0v) is 14.2. The Morgan fingerprint density at radius 1 is 1.40 bits per heavy atom. The second-order valence-electron chi connectivity index (χ2n) is 5.96. The molecule has 1 aliphatic heterocycles. The average molecular weight is 344 g/mol. The molecule has 1 atom stereocenters. The highest BCUT2D eigenvalue weighted by molar-refractivity contribution is 6.39. The maximum absolute atomic E-state index is 12.5. The van der Waals surface area contributed by atoms with Crippen LogP contribution in [0.3, 0.4) is 0 Å². The van der Waals surface area contributed by atoms with E-state index in [0.717, 1.165) is 12.8 Å². The van der Waals surface area contributed by atoms with Gasteiger partial charge in [0.15, 0.2) is 5.82 Å². The number of nitrogens with zero attached hydrogens (tertiary/aromatic N) is 3. The van der Waals surface area contributed by atoms with Crippen molar-refractivity contribution in [3.63, 3.8) is 0 Å². The van der Waals surface area contributed by atoms with Crippen molar-refractivity contribution in [2.24, 2.45) is 0 Å². The molecule has 2 heterocycles. The first kappa shape index (κ1) is 16.9. The summed E-state index contributed by atoms with van der Waals surface area (Å²) in [5, 5.41) is 6.40. The molecule has 8 nitrogen and oxygen atoms in total. The van der Waals surface area contributed by atoms with Crippen molar-refractivity contribution in [2.45, 2.75) is 25.7 Å². The number of ether oxygens (including phenoxy) is 1. The lowest BCUT2D eigenvalue weighted by molar-refractivity contribution is -0.144. The van der Waals surface area contributed by atoms with Gasteiger partial charge in [-0.05, 0) is 31.9 Å². The third-order valence-corrected chi connectivity index (χ3v) is 4.12. The Morgan fingerprint density at radius 2 is 2.24 bits per heavy atom. The van der Waals surface area contributed by atoms with E-state index in [-0.39, 0.29) is 5.92 Å². The number of anilines is 1. The Bertz CT molecular complexity index is 774. The summed E-state index contributed by atoms with van der Waals surface area (Å²) in [5.74, 6) is 0.412. The molecule has 0 radical (unpaired) electrons. The van der Waals surface area contributed by atoms with Crippen LogP contribution < -0.4 is 10.1 Å². The van der Waals surface area contributed by atoms with Crippen molar-refractivity contribution in [1.29, 1.82) is 0 Å². The Kier molecular flexibility index (Phi) is 4.97. The van der Waals surface area contributed by atoms with E-state index in [0.29, 0.717) is 36.2 Å². The molecule has 0 unspecified atom stereocenters. The minimum Gasteiger partial charge on any atom is -0.497 e. The molecule has 1 N–H and O–H groups in total. The Balaban J connectivity index is 1.64. The number of aryl methyl sites for hydroxylation is 1. The maximum Gasteiger partial charge on any atom is 0.313 e. The lowest BCUT2D eigenvalue weighted by Crippen LogP contribution is -2.44. The first-order valence-corrected chi connectivity index (χ1v) is 8.11. The van der Waals surface area contributed by atoms with Crippen molar-refractivity contribution >= 4 is 17.5 Å². The van der Waals surface area contributed by atoms with Gasteiger partial charge < -0.3 is 19.5 Å². The van der Waals surface area contributed by atoms with Gasteiger partial charge in [0.25, 0.3) is 0 Å². The molecule has 1 aliphatic rings. The molecular formula is C17H20N4O4. The molecule has 1 aromatic heterocycles. The number of benzene rings is 1. The predicted molar refractivity (Wildman–Crippen MR) is 89.2 cm³/mol. The highest BCUT2D eigenvalue weighted by Crippen LogP contribution is 2.26. The van der Waals surface area contributed by atoms with Gasteiger partial charge in [0.2, 0.25) is 5.89 Å². The second kappa shape index (κ2) is 7.33. The van der Waals surface area contributed by atoms with E-state index in [1.165, 1.54) is 4.90 Å². The van der Waals surface area contributed by atoms with E-state index in [1.807, 2.05) is 0 Å². The number of hydrogen-bond acceptors (Lipinski definition) is 6. The van der Waals surface area contributed by atoms with Gasteiger partial charge in [-0.15, -0.1) is 0 Å². The number of piperidine rings is 1. The summed E-state index contributed by atoms with van der Waals surface area (Å²) in [6.45, 7) is 2.68. The van der Waals surface area contributed by atoms with Crippen molar-refractivity contribution in [3.05, 3.63) is 36.0 Å². The molecule has 1 saturated heterocycles. The number of methoxy groups -OCH3 is 1. The number of aromatic nitrogens is 2. The van der Waals surface area contributed by atoms with Crippen LogP contribution in [-0.4, -0.2) is 47.1 Å². The predicted octanol–water partition coefficient (Wildman–Crippen LogP) is 1.73. The highest BCUT2D eigenvalue weighted by Gasteiger charge is 2.31. The van der Waals surface area contributed by atoms with E-state index in [2.05, 4.69) is 15.5 Å². The van der Waals surface area contributed by atoms with Crippen molar-refractivity contribution < 1.29 is 18.8 Å². The standard InChI is InChI=1S/C17H20N4O4/c1-11-18-16(25-20-11)12-5-4-8-21(10-12)17(23)15(22)19-13-6-3-7-14(9-13)24-2/h3,6-7,9,12H,4-5,8,10H2,1-2H3,(H,19,22)/t12-/m0/s1. The summed E-state index contributed by atoms with van der Waals surface area (Å²) in [6, 6.07) is 6.87. The van der Waals surface area contributed by atoms with Gasteiger partial charge in [-0.1, -0.05) is 11.2 Å². The Hall–Kier alpha value is -2.90. The van der Waals surface area contributed by atoms with Crippen LogP contribution in [-0.2, 0) is 9.59 Å². The van der Waals surface area contributed by atoms with Crippen molar-refractivity contribution in [1.82, 2.24) is 15.0 Å². The highest BCUT2D eigenvalue weighted by atomic mass is 16.5. The summed E-state index contributed by atoms with van der Waals surface area (Å²) < 4.78 is 10.3. The third-order valence-electron chi connectivity index (χ3n) is 4.12. The van der Waals surface area contributed by atoms with Gasteiger partial charge in [0.1, 0.15) is 5.75 Å². The van der Waals surface area contributed by atoms with E-state index in [4.69, 9.17) is 9.26 Å². The number of likely N-dealkylation sites (tertiary alicyclic amines) is 1. The summed E-state index contributed by atoms with van der Waals surface area (Å²) in [6.07, 6.45) is 1.63. The largest absolute Gasteiger partial charge is 0.497 e. The molecule has 0 aliphatic carbocycles. The summed E-state index contributed by atoms with van der Waals surface area (Å²) in [4.78, 5) is 30.5. The second-order valence-corrected chi connectivity index (χ2v) is 5.96.